The largest absolute Gasteiger partial charge is 0.479 e. The Bertz CT molecular complexity index is 1330. The Kier molecular flexibility index (Phi) is 7.01. The van der Waals surface area contributed by atoms with E-state index in [1.165, 1.54) is 25.1 Å². The van der Waals surface area contributed by atoms with E-state index in [1.807, 2.05) is 0 Å². The number of sulfonamides is 1. The average molecular weight is 536 g/mol. The number of aromatic nitrogens is 7. The summed E-state index contributed by atoms with van der Waals surface area (Å²) >= 11 is 0. The molecule has 0 spiro atoms. The quantitative estimate of drug-likeness (QED) is 0.441. The highest BCUT2D eigenvalue weighted by Gasteiger charge is 2.36. The van der Waals surface area contributed by atoms with E-state index in [1.54, 1.807) is 4.90 Å². The number of piperidine rings is 1. The lowest BCUT2D eigenvalue weighted by Crippen LogP contribution is -2.45. The second-order valence-electron chi connectivity index (χ2n) is 8.52. The first-order valence-electron chi connectivity index (χ1n) is 11.7. The van der Waals surface area contributed by atoms with E-state index in [2.05, 4.69) is 34.9 Å². The van der Waals surface area contributed by atoms with Crippen LogP contribution in [0.3, 0.4) is 0 Å². The molecule has 0 radical (unpaired) electrons. The Hall–Kier alpha value is -3.66. The highest BCUT2D eigenvalue weighted by molar-refractivity contribution is 7.93. The minimum Gasteiger partial charge on any atom is -0.479 e. The molecule has 2 fully saturated rings. The van der Waals surface area contributed by atoms with Gasteiger partial charge in [-0.15, -0.1) is 10.2 Å². The monoisotopic (exact) mass is 535 g/mol. The molecule has 0 aromatic carbocycles. The SMILES string of the molecule is COc1ncnc(OC)c1-n1c(NS(=O)(=O)C2CCCN(c3ncc(F)cn3)C2)nnc1C1CCCO1. The lowest BCUT2D eigenvalue weighted by Gasteiger charge is -2.32. The van der Waals surface area contributed by atoms with E-state index >= 15 is 0 Å². The van der Waals surface area contributed by atoms with Crippen molar-refractivity contribution < 1.29 is 27.0 Å². The highest BCUT2D eigenvalue weighted by Crippen LogP contribution is 2.37. The van der Waals surface area contributed by atoms with Crippen LogP contribution in [0.5, 0.6) is 11.8 Å². The summed E-state index contributed by atoms with van der Waals surface area (Å²) in [6.07, 6.45) is 5.44. The van der Waals surface area contributed by atoms with Crippen molar-refractivity contribution in [2.45, 2.75) is 37.0 Å². The number of nitrogens with zero attached hydrogens (tertiary/aromatic N) is 8. The third-order valence-electron chi connectivity index (χ3n) is 6.21. The van der Waals surface area contributed by atoms with Crippen LogP contribution >= 0.6 is 0 Å². The summed E-state index contributed by atoms with van der Waals surface area (Å²) in [6.45, 7) is 1.21. The van der Waals surface area contributed by atoms with E-state index in [4.69, 9.17) is 14.2 Å². The summed E-state index contributed by atoms with van der Waals surface area (Å²) in [4.78, 5) is 18.0. The van der Waals surface area contributed by atoms with Gasteiger partial charge in [-0.2, -0.15) is 9.97 Å². The molecule has 3 aromatic heterocycles. The minimum absolute atomic E-state index is 0.0768. The van der Waals surface area contributed by atoms with Gasteiger partial charge in [0.05, 0.1) is 31.9 Å². The fourth-order valence-electron chi connectivity index (χ4n) is 4.46. The van der Waals surface area contributed by atoms with Gasteiger partial charge in [0.25, 0.3) is 0 Å². The van der Waals surface area contributed by atoms with Gasteiger partial charge in [-0.25, -0.2) is 22.8 Å². The molecule has 198 valence electrons. The zero-order chi connectivity index (χ0) is 26.0. The molecule has 0 saturated carbocycles. The summed E-state index contributed by atoms with van der Waals surface area (Å²) in [6, 6.07) is 0. The lowest BCUT2D eigenvalue weighted by atomic mass is 10.1. The molecule has 2 unspecified atom stereocenters. The summed E-state index contributed by atoms with van der Waals surface area (Å²) in [5.74, 6) is 0.274. The van der Waals surface area contributed by atoms with Gasteiger partial charge in [-0.1, -0.05) is 0 Å². The van der Waals surface area contributed by atoms with Crippen LogP contribution in [0, 0.1) is 5.82 Å². The first-order valence-corrected chi connectivity index (χ1v) is 13.2. The van der Waals surface area contributed by atoms with Crippen LogP contribution in [0.2, 0.25) is 0 Å². The number of halogens is 1. The van der Waals surface area contributed by atoms with Crippen LogP contribution < -0.4 is 19.1 Å². The van der Waals surface area contributed by atoms with Gasteiger partial charge in [0.1, 0.15) is 12.4 Å². The summed E-state index contributed by atoms with van der Waals surface area (Å²) < 4.78 is 61.1. The van der Waals surface area contributed by atoms with Gasteiger partial charge >= 0.3 is 0 Å². The molecule has 14 nitrogen and oxygen atoms in total. The van der Waals surface area contributed by atoms with Crippen LogP contribution in [0.15, 0.2) is 18.7 Å². The predicted octanol–water partition coefficient (Wildman–Crippen LogP) is 1.27. The van der Waals surface area contributed by atoms with Gasteiger partial charge in [0, 0.05) is 19.7 Å². The van der Waals surface area contributed by atoms with Crippen molar-refractivity contribution in [2.24, 2.45) is 0 Å². The summed E-state index contributed by atoms with van der Waals surface area (Å²) in [5.41, 5.74) is 0.241. The maximum absolute atomic E-state index is 13.6. The normalized spacial score (nSPS) is 20.1. The number of methoxy groups -OCH3 is 2. The van der Waals surface area contributed by atoms with Crippen molar-refractivity contribution in [2.75, 3.05) is 43.5 Å². The molecule has 2 saturated heterocycles. The van der Waals surface area contributed by atoms with Crippen molar-refractivity contribution in [3.63, 3.8) is 0 Å². The fourth-order valence-corrected chi connectivity index (χ4v) is 5.87. The Morgan fingerprint density at radius 1 is 1.05 bits per heavy atom. The molecule has 37 heavy (non-hydrogen) atoms. The van der Waals surface area contributed by atoms with E-state index in [9.17, 15) is 12.8 Å². The van der Waals surface area contributed by atoms with E-state index in [-0.39, 0.29) is 35.9 Å². The maximum atomic E-state index is 13.6. The molecule has 2 aliphatic rings. The third-order valence-corrected chi connectivity index (χ3v) is 7.94. The van der Waals surface area contributed by atoms with Crippen LogP contribution in [0.25, 0.3) is 5.69 Å². The van der Waals surface area contributed by atoms with Gasteiger partial charge in [0.15, 0.2) is 17.3 Å². The Balaban J connectivity index is 1.50. The van der Waals surface area contributed by atoms with Gasteiger partial charge in [-0.3, -0.25) is 9.29 Å². The smallest absolute Gasteiger partial charge is 0.245 e. The first kappa shape index (κ1) is 25.0. The number of hydrogen-bond acceptors (Lipinski definition) is 12. The van der Waals surface area contributed by atoms with Crippen molar-refractivity contribution >= 4 is 21.9 Å². The molecule has 1 N–H and O–H groups in total. The second kappa shape index (κ2) is 10.4. The minimum atomic E-state index is -3.97. The second-order valence-corrected chi connectivity index (χ2v) is 10.5. The molecule has 16 heteroatoms. The van der Waals surface area contributed by atoms with Crippen LogP contribution in [0.1, 0.15) is 37.6 Å². The Morgan fingerprint density at radius 2 is 1.78 bits per heavy atom. The van der Waals surface area contributed by atoms with E-state index in [0.29, 0.717) is 38.2 Å². The fraction of sp³-hybridized carbons (Fsp3) is 0.524. The van der Waals surface area contributed by atoms with Crippen molar-refractivity contribution in [3.05, 3.63) is 30.4 Å². The summed E-state index contributed by atoms with van der Waals surface area (Å²) in [5, 5.41) is 7.59. The Morgan fingerprint density at radius 3 is 2.43 bits per heavy atom. The predicted molar refractivity (Wildman–Crippen MR) is 128 cm³/mol. The van der Waals surface area contributed by atoms with Crippen LogP contribution in [-0.4, -0.2) is 82.3 Å². The number of anilines is 2. The van der Waals surface area contributed by atoms with E-state index < -0.39 is 27.2 Å². The number of hydrogen-bond donors (Lipinski definition) is 1. The van der Waals surface area contributed by atoms with Gasteiger partial charge < -0.3 is 19.1 Å². The number of nitrogens with one attached hydrogen (secondary N) is 1. The molecule has 0 amide bonds. The molecule has 5 heterocycles. The summed E-state index contributed by atoms with van der Waals surface area (Å²) in [7, 11) is -1.11. The van der Waals surface area contributed by atoms with Crippen molar-refractivity contribution in [1.82, 2.24) is 34.7 Å². The zero-order valence-electron chi connectivity index (χ0n) is 20.2. The maximum Gasteiger partial charge on any atom is 0.245 e. The average Bonchev–Trinajstić information content (AvgIpc) is 3.58. The lowest BCUT2D eigenvalue weighted by molar-refractivity contribution is 0.103. The highest BCUT2D eigenvalue weighted by atomic mass is 32.2. The van der Waals surface area contributed by atoms with Gasteiger partial charge in [-0.05, 0) is 25.7 Å². The van der Waals surface area contributed by atoms with Crippen LogP contribution in [0.4, 0.5) is 16.3 Å². The Labute approximate surface area is 212 Å². The topological polar surface area (TPSA) is 159 Å². The molecule has 0 bridgehead atoms. The molecule has 5 rings (SSSR count). The third kappa shape index (κ3) is 4.98. The first-order chi connectivity index (χ1) is 17.9. The molecule has 0 aliphatic carbocycles. The number of ether oxygens (including phenoxy) is 3. The molecule has 2 atom stereocenters. The van der Waals surface area contributed by atoms with Crippen molar-refractivity contribution in [3.8, 4) is 17.4 Å². The van der Waals surface area contributed by atoms with Crippen molar-refractivity contribution in [1.29, 1.82) is 0 Å². The zero-order valence-corrected chi connectivity index (χ0v) is 21.1. The standard InChI is InChI=1S/C21H26FN9O5S/c1-34-18-16(19(35-2)26-12-25-18)31-17(15-6-4-8-36-15)27-28-21(31)29-37(32,33)14-5-3-7-30(11-14)20-23-9-13(22)10-24-20/h9-10,12,14-15H,3-8,11H2,1-2H3,(H,28,29). The molecular weight excluding hydrogens is 509 g/mol. The van der Waals surface area contributed by atoms with Crippen LogP contribution in [-0.2, 0) is 14.8 Å². The van der Waals surface area contributed by atoms with E-state index in [0.717, 1.165) is 18.8 Å². The number of rotatable bonds is 8. The molecule has 3 aromatic rings. The van der Waals surface area contributed by atoms with Gasteiger partial charge in [0.2, 0.25) is 33.7 Å². The molecular formula is C21H26FN9O5S. The molecule has 2 aliphatic heterocycles.